The van der Waals surface area contributed by atoms with Crippen LogP contribution in [0.5, 0.6) is 11.5 Å². The van der Waals surface area contributed by atoms with Gasteiger partial charge in [-0.3, -0.25) is 4.79 Å². The van der Waals surface area contributed by atoms with E-state index >= 15 is 0 Å². The Morgan fingerprint density at radius 3 is 2.43 bits per heavy atom. The molecule has 1 atom stereocenters. The van der Waals surface area contributed by atoms with Crippen molar-refractivity contribution in [1.29, 1.82) is 0 Å². The van der Waals surface area contributed by atoms with E-state index in [0.717, 1.165) is 11.3 Å². The summed E-state index contributed by atoms with van der Waals surface area (Å²) in [6, 6.07) is 17.0. The molecule has 0 fully saturated rings. The van der Waals surface area contributed by atoms with Crippen LogP contribution in [0.2, 0.25) is 0 Å². The zero-order valence-corrected chi connectivity index (χ0v) is 13.2. The first-order valence-electron chi connectivity index (χ1n) is 7.33. The molecule has 0 saturated heterocycles. The maximum absolute atomic E-state index is 11.7. The summed E-state index contributed by atoms with van der Waals surface area (Å²) in [6.07, 6.45) is 1.70. The summed E-state index contributed by atoms with van der Waals surface area (Å²) in [5.41, 5.74) is 3.60. The fourth-order valence-corrected chi connectivity index (χ4v) is 1.92. The molecule has 2 aromatic carbocycles. The van der Waals surface area contributed by atoms with E-state index in [-0.39, 0.29) is 18.4 Å². The Labute approximate surface area is 135 Å². The van der Waals surface area contributed by atoms with Crippen molar-refractivity contribution in [2.24, 2.45) is 5.10 Å². The zero-order chi connectivity index (χ0) is 16.5. The number of nitrogens with zero attached hydrogens (tertiary/aromatic N) is 1. The van der Waals surface area contributed by atoms with E-state index in [1.165, 1.54) is 0 Å². The number of carbonyl (C=O) groups is 1. The quantitative estimate of drug-likeness (QED) is 0.631. The molecule has 1 N–H and O–H groups in total. The van der Waals surface area contributed by atoms with Gasteiger partial charge in [-0.05, 0) is 29.8 Å². The van der Waals surface area contributed by atoms with Gasteiger partial charge in [0, 0.05) is 12.1 Å². The SMILES string of the molecule is COc1ccc(OCC(=O)N/N=C\[C@H](C)c2ccccc2)cc1. The number of hydrogen-bond acceptors (Lipinski definition) is 4. The highest BCUT2D eigenvalue weighted by atomic mass is 16.5. The molecule has 0 aromatic heterocycles. The Morgan fingerprint density at radius 1 is 1.13 bits per heavy atom. The van der Waals surface area contributed by atoms with Gasteiger partial charge in [-0.25, -0.2) is 5.43 Å². The minimum Gasteiger partial charge on any atom is -0.497 e. The monoisotopic (exact) mass is 312 g/mol. The first-order valence-corrected chi connectivity index (χ1v) is 7.33. The fourth-order valence-electron chi connectivity index (χ4n) is 1.92. The summed E-state index contributed by atoms with van der Waals surface area (Å²) in [5.74, 6) is 1.15. The molecule has 2 rings (SSSR count). The van der Waals surface area contributed by atoms with Crippen LogP contribution in [0.25, 0.3) is 0 Å². The third-order valence-electron chi connectivity index (χ3n) is 3.24. The van der Waals surface area contributed by atoms with Gasteiger partial charge in [0.1, 0.15) is 11.5 Å². The van der Waals surface area contributed by atoms with Gasteiger partial charge < -0.3 is 9.47 Å². The molecule has 0 heterocycles. The van der Waals surface area contributed by atoms with E-state index in [0.29, 0.717) is 5.75 Å². The molecule has 0 spiro atoms. The molecular weight excluding hydrogens is 292 g/mol. The summed E-state index contributed by atoms with van der Waals surface area (Å²) >= 11 is 0. The minimum absolute atomic E-state index is 0.0939. The van der Waals surface area contributed by atoms with Crippen molar-refractivity contribution >= 4 is 12.1 Å². The lowest BCUT2D eigenvalue weighted by molar-refractivity contribution is -0.123. The summed E-state index contributed by atoms with van der Waals surface area (Å²) in [6.45, 7) is 1.92. The number of amides is 1. The lowest BCUT2D eigenvalue weighted by Gasteiger charge is -2.07. The molecule has 1 amide bonds. The van der Waals surface area contributed by atoms with E-state index in [1.807, 2.05) is 37.3 Å². The van der Waals surface area contributed by atoms with Crippen LogP contribution in [0.1, 0.15) is 18.4 Å². The van der Waals surface area contributed by atoms with Gasteiger partial charge in [0.15, 0.2) is 6.61 Å². The number of hydrazone groups is 1. The smallest absolute Gasteiger partial charge is 0.277 e. The Morgan fingerprint density at radius 2 is 1.78 bits per heavy atom. The Bertz CT molecular complexity index is 639. The Balaban J connectivity index is 1.75. The maximum atomic E-state index is 11.7. The molecule has 120 valence electrons. The number of hydrogen-bond donors (Lipinski definition) is 1. The molecule has 0 radical (unpaired) electrons. The molecule has 0 saturated carbocycles. The maximum Gasteiger partial charge on any atom is 0.277 e. The van der Waals surface area contributed by atoms with Crippen molar-refractivity contribution in [2.45, 2.75) is 12.8 Å². The highest BCUT2D eigenvalue weighted by Crippen LogP contribution is 2.16. The summed E-state index contributed by atoms with van der Waals surface area (Å²) in [4.78, 5) is 11.7. The Kier molecular flexibility index (Phi) is 6.17. The van der Waals surface area contributed by atoms with Crippen molar-refractivity contribution in [3.05, 3.63) is 60.2 Å². The second-order valence-corrected chi connectivity index (χ2v) is 4.98. The largest absolute Gasteiger partial charge is 0.497 e. The van der Waals surface area contributed by atoms with Crippen molar-refractivity contribution < 1.29 is 14.3 Å². The second-order valence-electron chi connectivity index (χ2n) is 4.98. The van der Waals surface area contributed by atoms with Gasteiger partial charge in [-0.2, -0.15) is 5.10 Å². The van der Waals surface area contributed by atoms with Crippen molar-refractivity contribution in [3.63, 3.8) is 0 Å². The molecular formula is C18H20N2O3. The van der Waals surface area contributed by atoms with Gasteiger partial charge >= 0.3 is 0 Å². The fraction of sp³-hybridized carbons (Fsp3) is 0.222. The normalized spacial score (nSPS) is 11.9. The molecule has 0 unspecified atom stereocenters. The molecule has 5 nitrogen and oxygen atoms in total. The Hall–Kier alpha value is -2.82. The highest BCUT2D eigenvalue weighted by molar-refractivity contribution is 5.78. The second kappa shape index (κ2) is 8.58. The number of benzene rings is 2. The standard InChI is InChI=1S/C18H20N2O3/c1-14(15-6-4-3-5-7-15)12-19-20-18(21)13-23-17-10-8-16(22-2)9-11-17/h3-12,14H,13H2,1-2H3,(H,20,21)/b19-12-/t14-/m0/s1. The van der Waals surface area contributed by atoms with Gasteiger partial charge in [0.2, 0.25) is 0 Å². The van der Waals surface area contributed by atoms with Crippen LogP contribution in [-0.4, -0.2) is 25.8 Å². The summed E-state index contributed by atoms with van der Waals surface area (Å²) < 4.78 is 10.4. The lowest BCUT2D eigenvalue weighted by Crippen LogP contribution is -2.24. The molecule has 2 aromatic rings. The number of methoxy groups -OCH3 is 1. The molecule has 0 aliphatic rings. The first-order chi connectivity index (χ1) is 11.2. The van der Waals surface area contributed by atoms with Crippen molar-refractivity contribution in [3.8, 4) is 11.5 Å². The molecule has 0 aliphatic carbocycles. The topological polar surface area (TPSA) is 59.9 Å². The van der Waals surface area contributed by atoms with E-state index in [1.54, 1.807) is 37.6 Å². The molecule has 5 heteroatoms. The van der Waals surface area contributed by atoms with Gasteiger partial charge in [0.25, 0.3) is 5.91 Å². The number of ether oxygens (including phenoxy) is 2. The summed E-state index contributed by atoms with van der Waals surface area (Å²) in [7, 11) is 1.59. The zero-order valence-electron chi connectivity index (χ0n) is 13.2. The highest BCUT2D eigenvalue weighted by Gasteiger charge is 2.03. The predicted octanol–water partition coefficient (Wildman–Crippen LogP) is 2.98. The number of nitrogens with one attached hydrogen (secondary N) is 1. The van der Waals surface area contributed by atoms with E-state index in [4.69, 9.17) is 9.47 Å². The van der Waals surface area contributed by atoms with Crippen LogP contribution in [-0.2, 0) is 4.79 Å². The van der Waals surface area contributed by atoms with Crippen LogP contribution >= 0.6 is 0 Å². The first kappa shape index (κ1) is 16.5. The summed E-state index contributed by atoms with van der Waals surface area (Å²) in [5, 5.41) is 3.96. The van der Waals surface area contributed by atoms with E-state index < -0.39 is 0 Å². The van der Waals surface area contributed by atoms with Gasteiger partial charge in [-0.15, -0.1) is 0 Å². The van der Waals surface area contributed by atoms with E-state index in [2.05, 4.69) is 10.5 Å². The van der Waals surface area contributed by atoms with Crippen LogP contribution in [0.15, 0.2) is 59.7 Å². The van der Waals surface area contributed by atoms with Gasteiger partial charge in [-0.1, -0.05) is 37.3 Å². The molecule has 0 bridgehead atoms. The predicted molar refractivity (Wildman–Crippen MR) is 90.0 cm³/mol. The minimum atomic E-state index is -0.308. The van der Waals surface area contributed by atoms with Crippen LogP contribution in [0, 0.1) is 0 Å². The van der Waals surface area contributed by atoms with Gasteiger partial charge in [0.05, 0.1) is 7.11 Å². The third kappa shape index (κ3) is 5.47. The average molecular weight is 312 g/mol. The van der Waals surface area contributed by atoms with E-state index in [9.17, 15) is 4.79 Å². The van der Waals surface area contributed by atoms with Crippen molar-refractivity contribution in [1.82, 2.24) is 5.43 Å². The molecule has 0 aliphatic heterocycles. The lowest BCUT2D eigenvalue weighted by atomic mass is 10.0. The van der Waals surface area contributed by atoms with Crippen LogP contribution in [0.3, 0.4) is 0 Å². The average Bonchev–Trinajstić information content (AvgIpc) is 2.61. The number of carbonyl (C=O) groups excluding carboxylic acids is 1. The third-order valence-corrected chi connectivity index (χ3v) is 3.24. The van der Waals surface area contributed by atoms with Crippen LogP contribution < -0.4 is 14.9 Å². The molecule has 23 heavy (non-hydrogen) atoms. The van der Waals surface area contributed by atoms with Crippen LogP contribution in [0.4, 0.5) is 0 Å². The van der Waals surface area contributed by atoms with Crippen molar-refractivity contribution in [2.75, 3.05) is 13.7 Å². The number of rotatable bonds is 7.